The Labute approximate surface area is 625 Å². The molecule has 1 amide bonds. The number of carbonyl (C=O) groups excluding carboxylic acids is 1. The summed E-state index contributed by atoms with van der Waals surface area (Å²) in [6.45, 7) is 5.11. The van der Waals surface area contributed by atoms with Crippen LogP contribution in [0.25, 0.3) is 11.3 Å². The minimum Gasteiger partial charge on any atom is -0.501 e. The van der Waals surface area contributed by atoms with Gasteiger partial charge in [-0.05, 0) is 163 Å². The van der Waals surface area contributed by atoms with Gasteiger partial charge in [-0.15, -0.1) is 0 Å². The second-order valence-electron chi connectivity index (χ2n) is 19.6. The number of hydrogen-bond donors (Lipinski definition) is 6. The fraction of sp³-hybridized carbons (Fsp3) is 0.306. The Balaban J connectivity index is 0.000000219. The maximum atomic E-state index is 14.2. The molecule has 0 saturated carbocycles. The van der Waals surface area contributed by atoms with Crippen molar-refractivity contribution in [2.45, 2.75) is 45.2 Å². The first-order chi connectivity index (χ1) is 47.0. The van der Waals surface area contributed by atoms with Gasteiger partial charge in [0.25, 0.3) is 5.91 Å². The first-order valence-electron chi connectivity index (χ1n) is 29.1. The highest BCUT2D eigenvalue weighted by molar-refractivity contribution is 9.11. The molecule has 0 unspecified atom stereocenters. The molecule has 8 aromatic rings. The van der Waals surface area contributed by atoms with E-state index < -0.39 is 33.0 Å². The maximum absolute atomic E-state index is 14.2. The number of nitrogen functional groups attached to an aromatic ring is 2. The van der Waals surface area contributed by atoms with Crippen molar-refractivity contribution in [3.05, 3.63) is 175 Å². The van der Waals surface area contributed by atoms with E-state index in [0.29, 0.717) is 63.6 Å². The summed E-state index contributed by atoms with van der Waals surface area (Å²) < 4.78 is 62.8. The Morgan fingerprint density at radius 1 is 0.653 bits per heavy atom. The van der Waals surface area contributed by atoms with Crippen molar-refractivity contribution in [3.8, 4) is 51.5 Å². The molecule has 0 spiro atoms. The van der Waals surface area contributed by atoms with Crippen LogP contribution >= 0.6 is 123 Å². The number of aliphatic hydroxyl groups is 1. The normalized spacial score (nSPS) is 12.1. The summed E-state index contributed by atoms with van der Waals surface area (Å²) in [5, 5.41) is 46.8. The summed E-state index contributed by atoms with van der Waals surface area (Å²) in [6, 6.07) is 27.0. The molecule has 6 aromatic heterocycles. The number of nitrogens with two attached hydrogens (primary N) is 2. The molecule has 0 fully saturated rings. The van der Waals surface area contributed by atoms with Gasteiger partial charge in [-0.2, -0.15) is 0 Å². The van der Waals surface area contributed by atoms with Gasteiger partial charge in [0, 0.05) is 91.3 Å². The lowest BCUT2D eigenvalue weighted by molar-refractivity contribution is -0.390. The molecule has 526 valence electrons. The lowest BCUT2D eigenvalue weighted by atomic mass is 10.1. The van der Waals surface area contributed by atoms with Crippen LogP contribution in [-0.4, -0.2) is 137 Å². The number of ether oxygens (including phenoxy) is 6. The first kappa shape index (κ1) is 81.6. The number of benzene rings is 2. The Hall–Kier alpha value is -7.12. The number of nitrogens with zero attached hydrogens (tertiary/aromatic N) is 9. The average Bonchev–Trinajstić information content (AvgIpc) is 1.68. The third kappa shape index (κ3) is 26.5. The summed E-state index contributed by atoms with van der Waals surface area (Å²) in [4.78, 5) is 57.8. The zero-order chi connectivity index (χ0) is 71.7. The van der Waals surface area contributed by atoms with E-state index in [2.05, 4.69) is 152 Å². The highest BCUT2D eigenvalue weighted by Gasteiger charge is 2.33. The average molecular weight is 1830 g/mol. The summed E-state index contributed by atoms with van der Waals surface area (Å²) >= 11 is 28.6. The number of nitrogens with one attached hydrogen (secondary N) is 2. The number of rotatable bonds is 17. The molecule has 11 rings (SSSR count). The molecular formula is C62H65Br7ClF2N13O13. The molecule has 9 heterocycles. The molecule has 0 bridgehead atoms. The standard InChI is InChI=1S/C22H17ClF2N2O3.C8H8Br2N2O3.C8H10Br2N2O.C8H9BrN2O.C8H11N3O.C5H3BrN2O3.C3H7BrO/c1-29-13-7-6-12(19(8-13)30-2)10-27-11-18-20(22(27)28)14(23)9-17(26-18)21-15(24)4-3-5-16(21)25;9-4-1-5-15-6-2-3-7(10)11-8(6)12(13)14;9-4-1-5-13-6-2-3-7(10)12-8(6)11;2*9-7-3-2-6-8(11-7)10-4-1-5-12-6;6-4-2-1-3(9)5(7-4)8(10)11;4-2-1-3-5/h3-9H,10-11H2,1-2H3;2-3H,1,4-5H2;2-3H,1,4-5H2,(H2,11,12);2-3H,1,4-5H2,(H,10,11);2-3H,1,4-5H2,(H3,9,10,11);1-2,9H;5H,1-3H2. The molecular weight excluding hydrogens is 1770 g/mol. The van der Waals surface area contributed by atoms with Crippen molar-refractivity contribution in [2.24, 2.45) is 0 Å². The molecule has 0 radical (unpaired) electrons. The molecule has 0 saturated heterocycles. The number of hydrogen-bond acceptors (Lipinski definition) is 23. The molecule has 26 nitrogen and oxygen atoms in total. The largest absolute Gasteiger partial charge is 0.501 e. The quantitative estimate of drug-likeness (QED) is 0.0162. The number of alkyl halides is 3. The number of aliphatic hydroxyl groups excluding tert-OH is 1. The van der Waals surface area contributed by atoms with E-state index in [0.717, 1.165) is 124 Å². The number of aromatic hydroxyl groups is 1. The highest BCUT2D eigenvalue weighted by Crippen LogP contribution is 2.37. The lowest BCUT2D eigenvalue weighted by Crippen LogP contribution is -2.23. The van der Waals surface area contributed by atoms with Crippen LogP contribution in [0.15, 0.2) is 122 Å². The summed E-state index contributed by atoms with van der Waals surface area (Å²) in [6.07, 6.45) is 4.62. The van der Waals surface area contributed by atoms with Gasteiger partial charge >= 0.3 is 11.6 Å². The van der Waals surface area contributed by atoms with E-state index in [1.807, 2.05) is 24.3 Å². The Morgan fingerprint density at radius 3 is 1.74 bits per heavy atom. The number of pyridine rings is 6. The lowest BCUT2D eigenvalue weighted by Gasteiger charge is -2.18. The number of amides is 1. The predicted octanol–water partition coefficient (Wildman–Crippen LogP) is 15.5. The van der Waals surface area contributed by atoms with Crippen molar-refractivity contribution in [2.75, 3.05) is 98.4 Å². The fourth-order valence-electron chi connectivity index (χ4n) is 8.09. The smallest absolute Gasteiger partial charge is 0.407 e. The molecule has 3 aliphatic heterocycles. The zero-order valence-electron chi connectivity index (χ0n) is 52.2. The highest BCUT2D eigenvalue weighted by atomic mass is 79.9. The van der Waals surface area contributed by atoms with Gasteiger partial charge in [-0.3, -0.25) is 4.79 Å². The van der Waals surface area contributed by atoms with Gasteiger partial charge in [-0.25, -0.2) is 28.7 Å². The molecule has 36 heteroatoms. The minimum absolute atomic E-state index is 0.0472. The number of anilines is 4. The molecule has 0 atom stereocenters. The van der Waals surface area contributed by atoms with E-state index in [-0.39, 0.29) is 52.4 Å². The van der Waals surface area contributed by atoms with Crippen LogP contribution in [-0.2, 0) is 13.1 Å². The van der Waals surface area contributed by atoms with Crippen LogP contribution in [0.5, 0.6) is 40.2 Å². The van der Waals surface area contributed by atoms with Gasteiger partial charge < -0.3 is 85.9 Å². The fourth-order valence-corrected chi connectivity index (χ4v) is 10.3. The first-order valence-corrected chi connectivity index (χ1v) is 36.1. The molecule has 8 N–H and O–H groups in total. The van der Waals surface area contributed by atoms with Crippen LogP contribution in [0.3, 0.4) is 0 Å². The van der Waals surface area contributed by atoms with Crippen molar-refractivity contribution in [3.63, 3.8) is 0 Å². The maximum Gasteiger partial charge on any atom is 0.407 e. The Morgan fingerprint density at radius 2 is 1.19 bits per heavy atom. The molecule has 2 aromatic carbocycles. The van der Waals surface area contributed by atoms with E-state index in [1.54, 1.807) is 48.4 Å². The SMILES string of the molecule is Brc1ccc2c(n1)NCCCO2.COc1ccc(CN2Cc3nc(-c4c(F)cccc4F)cc(Cl)c3C2=O)c(OC)c1.Nc1ccc2c(n1)NCCCO2.Nc1nc(Br)ccc1OCCCBr.O=[N+]([O-])c1nc(Br)ccc1O.O=[N+]([O-])c1nc(Br)ccc1OCCCBr.OCCCBr. The number of halogens is 10. The number of nitro groups is 2. The topological polar surface area (TPSA) is 356 Å². The number of carbonyl (C=O) groups is 1. The van der Waals surface area contributed by atoms with Crippen LogP contribution in [0.4, 0.5) is 43.7 Å². The van der Waals surface area contributed by atoms with Gasteiger partial charge in [0.2, 0.25) is 20.7 Å². The summed E-state index contributed by atoms with van der Waals surface area (Å²) in [5.74, 6) is 3.18. The Kier molecular flexibility index (Phi) is 36.1. The van der Waals surface area contributed by atoms with Crippen LogP contribution in [0.1, 0.15) is 53.7 Å². The minimum atomic E-state index is -0.750. The molecule has 0 aliphatic carbocycles. The number of methoxy groups -OCH3 is 2. The van der Waals surface area contributed by atoms with Crippen molar-refractivity contribution < 1.29 is 62.1 Å². The summed E-state index contributed by atoms with van der Waals surface area (Å²) in [7, 11) is 3.09. The van der Waals surface area contributed by atoms with Crippen molar-refractivity contribution >= 4 is 164 Å². The Bertz CT molecular complexity index is 3850. The third-order valence-electron chi connectivity index (χ3n) is 12.6. The van der Waals surface area contributed by atoms with Crippen LogP contribution < -0.4 is 50.5 Å². The van der Waals surface area contributed by atoms with Crippen LogP contribution in [0.2, 0.25) is 5.02 Å². The van der Waals surface area contributed by atoms with E-state index in [4.69, 9.17) is 61.7 Å². The predicted molar refractivity (Wildman–Crippen MR) is 394 cm³/mol. The van der Waals surface area contributed by atoms with Crippen LogP contribution in [0, 0.1) is 31.9 Å². The summed E-state index contributed by atoms with van der Waals surface area (Å²) in [5.41, 5.74) is 12.3. The second-order valence-corrected chi connectivity index (χ2v) is 25.6. The van der Waals surface area contributed by atoms with Gasteiger partial charge in [0.15, 0.2) is 34.7 Å². The van der Waals surface area contributed by atoms with Crippen molar-refractivity contribution in [1.82, 2.24) is 34.8 Å². The van der Waals surface area contributed by atoms with Crippen molar-refractivity contribution in [1.29, 1.82) is 0 Å². The number of fused-ring (bicyclic) bond motifs is 3. The van der Waals surface area contributed by atoms with Gasteiger partial charge in [0.1, 0.15) is 38.2 Å². The van der Waals surface area contributed by atoms with E-state index >= 15 is 0 Å². The second kappa shape index (κ2) is 43.4. The number of aromatic nitrogens is 6. The zero-order valence-corrected chi connectivity index (χ0v) is 64.0. The van der Waals surface area contributed by atoms with Gasteiger partial charge in [0.05, 0.1) is 81.3 Å². The molecule has 98 heavy (non-hydrogen) atoms. The third-order valence-corrected chi connectivity index (χ3v) is 16.3. The monoisotopic (exact) mass is 1820 g/mol. The molecule has 3 aliphatic rings. The van der Waals surface area contributed by atoms with E-state index in [1.165, 1.54) is 37.4 Å². The van der Waals surface area contributed by atoms with E-state index in [9.17, 15) is 33.8 Å². The van der Waals surface area contributed by atoms with Gasteiger partial charge in [-0.1, -0.05) is 65.5 Å².